The molecule has 1 N–H and O–H groups in total. The number of esters is 1. The fourth-order valence-electron chi connectivity index (χ4n) is 1.96. The SMILES string of the molecule is COC(=O)Cc1cc(=O)[nH]c(SCc2cc(C)ccc2C)n1. The molecular weight excluding hydrogens is 300 g/mol. The number of H-pyrrole nitrogens is 1. The number of methoxy groups -OCH3 is 1. The standard InChI is InChI=1S/C16H18N2O3S/c1-10-4-5-11(2)12(6-10)9-22-16-17-13(7-14(19)18-16)8-15(20)21-3/h4-7H,8-9H2,1-3H3,(H,17,18,19). The number of carbonyl (C=O) groups is 1. The van der Waals surface area contributed by atoms with Crippen molar-refractivity contribution in [1.29, 1.82) is 0 Å². The van der Waals surface area contributed by atoms with Crippen LogP contribution in [0.2, 0.25) is 0 Å². The highest BCUT2D eigenvalue weighted by Crippen LogP contribution is 2.21. The van der Waals surface area contributed by atoms with Crippen molar-refractivity contribution < 1.29 is 9.53 Å². The van der Waals surface area contributed by atoms with Crippen LogP contribution in [-0.4, -0.2) is 23.0 Å². The lowest BCUT2D eigenvalue weighted by Crippen LogP contribution is -2.13. The van der Waals surface area contributed by atoms with Crippen molar-refractivity contribution in [2.75, 3.05) is 7.11 Å². The summed E-state index contributed by atoms with van der Waals surface area (Å²) in [7, 11) is 1.31. The number of nitrogens with one attached hydrogen (secondary N) is 1. The molecule has 1 aromatic carbocycles. The van der Waals surface area contributed by atoms with Crippen molar-refractivity contribution in [1.82, 2.24) is 9.97 Å². The van der Waals surface area contributed by atoms with E-state index in [-0.39, 0.29) is 12.0 Å². The van der Waals surface area contributed by atoms with Gasteiger partial charge in [-0.2, -0.15) is 0 Å². The topological polar surface area (TPSA) is 72.1 Å². The first kappa shape index (κ1) is 16.3. The van der Waals surface area contributed by atoms with Gasteiger partial charge >= 0.3 is 5.97 Å². The maximum atomic E-state index is 11.7. The largest absolute Gasteiger partial charge is 0.469 e. The second kappa shape index (κ2) is 7.26. The maximum absolute atomic E-state index is 11.7. The van der Waals surface area contributed by atoms with Gasteiger partial charge in [-0.25, -0.2) is 4.98 Å². The lowest BCUT2D eigenvalue weighted by Gasteiger charge is -2.07. The Morgan fingerprint density at radius 3 is 2.82 bits per heavy atom. The van der Waals surface area contributed by atoms with Crippen LogP contribution in [0.25, 0.3) is 0 Å². The smallest absolute Gasteiger partial charge is 0.311 e. The molecule has 0 aliphatic carbocycles. The molecule has 0 amide bonds. The molecule has 0 saturated heterocycles. The highest BCUT2D eigenvalue weighted by molar-refractivity contribution is 7.98. The van der Waals surface area contributed by atoms with Gasteiger partial charge in [-0.3, -0.25) is 9.59 Å². The van der Waals surface area contributed by atoms with Gasteiger partial charge in [-0.15, -0.1) is 0 Å². The van der Waals surface area contributed by atoms with E-state index in [2.05, 4.69) is 39.8 Å². The van der Waals surface area contributed by atoms with Crippen LogP contribution in [-0.2, 0) is 21.7 Å². The number of hydrogen-bond donors (Lipinski definition) is 1. The summed E-state index contributed by atoms with van der Waals surface area (Å²) in [6.45, 7) is 4.10. The maximum Gasteiger partial charge on any atom is 0.311 e. The summed E-state index contributed by atoms with van der Waals surface area (Å²) in [5.74, 6) is 0.293. The lowest BCUT2D eigenvalue weighted by atomic mass is 10.1. The number of rotatable bonds is 5. The van der Waals surface area contributed by atoms with Crippen molar-refractivity contribution in [2.45, 2.75) is 31.2 Å². The molecule has 1 heterocycles. The normalized spacial score (nSPS) is 10.5. The summed E-state index contributed by atoms with van der Waals surface area (Å²) in [5.41, 5.74) is 3.75. The van der Waals surface area contributed by atoms with Crippen molar-refractivity contribution in [3.8, 4) is 0 Å². The molecule has 2 rings (SSSR count). The van der Waals surface area contributed by atoms with E-state index in [1.807, 2.05) is 6.92 Å². The summed E-state index contributed by atoms with van der Waals surface area (Å²) < 4.78 is 4.59. The first-order valence-corrected chi connectivity index (χ1v) is 7.82. The van der Waals surface area contributed by atoms with Gasteiger partial charge in [0.1, 0.15) is 0 Å². The van der Waals surface area contributed by atoms with E-state index >= 15 is 0 Å². The molecule has 0 atom stereocenters. The molecule has 0 bridgehead atoms. The van der Waals surface area contributed by atoms with Gasteiger partial charge in [0.05, 0.1) is 19.2 Å². The van der Waals surface area contributed by atoms with Crippen LogP contribution in [0, 0.1) is 13.8 Å². The summed E-state index contributed by atoms with van der Waals surface area (Å²) in [6, 6.07) is 7.59. The Kier molecular flexibility index (Phi) is 5.38. The van der Waals surface area contributed by atoms with Gasteiger partial charge in [0.25, 0.3) is 5.56 Å². The summed E-state index contributed by atoms with van der Waals surface area (Å²) in [6.07, 6.45) is -0.00253. The van der Waals surface area contributed by atoms with E-state index < -0.39 is 5.97 Å². The Bertz CT molecular complexity index is 740. The average Bonchev–Trinajstić information content (AvgIpc) is 2.47. The molecule has 0 aliphatic heterocycles. The molecule has 0 unspecified atom stereocenters. The van der Waals surface area contributed by atoms with Gasteiger partial charge in [-0.1, -0.05) is 35.5 Å². The molecule has 116 valence electrons. The Balaban J connectivity index is 2.14. The zero-order valence-electron chi connectivity index (χ0n) is 12.8. The molecular formula is C16H18N2O3S. The number of hydrogen-bond acceptors (Lipinski definition) is 5. The fraction of sp³-hybridized carbons (Fsp3) is 0.312. The molecule has 1 aromatic heterocycles. The molecule has 22 heavy (non-hydrogen) atoms. The third-order valence-electron chi connectivity index (χ3n) is 3.20. The van der Waals surface area contributed by atoms with Crippen molar-refractivity contribution in [3.05, 3.63) is 57.0 Å². The molecule has 0 fully saturated rings. The fourth-order valence-corrected chi connectivity index (χ4v) is 2.92. The van der Waals surface area contributed by atoms with Crippen molar-refractivity contribution in [2.24, 2.45) is 0 Å². The number of benzene rings is 1. The van der Waals surface area contributed by atoms with E-state index in [1.54, 1.807) is 0 Å². The zero-order chi connectivity index (χ0) is 16.1. The predicted octanol–water partition coefficient (Wildman–Crippen LogP) is 2.39. The van der Waals surface area contributed by atoms with Crippen LogP contribution in [0.15, 0.2) is 34.2 Å². The van der Waals surface area contributed by atoms with Crippen molar-refractivity contribution >= 4 is 17.7 Å². The molecule has 0 radical (unpaired) electrons. The van der Waals surface area contributed by atoms with Gasteiger partial charge in [0.2, 0.25) is 0 Å². The first-order valence-electron chi connectivity index (χ1n) is 6.84. The molecule has 0 saturated carbocycles. The Morgan fingerprint density at radius 1 is 1.32 bits per heavy atom. The summed E-state index contributed by atoms with van der Waals surface area (Å²) >= 11 is 1.44. The molecule has 5 nitrogen and oxygen atoms in total. The van der Waals surface area contributed by atoms with Gasteiger partial charge in [-0.05, 0) is 25.0 Å². The minimum atomic E-state index is -0.413. The Labute approximate surface area is 133 Å². The van der Waals surface area contributed by atoms with Gasteiger partial charge in [0.15, 0.2) is 5.16 Å². The molecule has 2 aromatic rings. The van der Waals surface area contributed by atoms with E-state index in [9.17, 15) is 9.59 Å². The van der Waals surface area contributed by atoms with Gasteiger partial charge in [0, 0.05) is 11.8 Å². The van der Waals surface area contributed by atoms with Gasteiger partial charge < -0.3 is 9.72 Å². The number of carbonyl (C=O) groups excluding carboxylic acids is 1. The second-order valence-electron chi connectivity index (χ2n) is 5.01. The Hall–Kier alpha value is -2.08. The van der Waals surface area contributed by atoms with Crippen LogP contribution in [0.3, 0.4) is 0 Å². The van der Waals surface area contributed by atoms with Crippen LogP contribution >= 0.6 is 11.8 Å². The monoisotopic (exact) mass is 318 g/mol. The van der Waals surface area contributed by atoms with E-state index in [1.165, 1.54) is 41.6 Å². The predicted molar refractivity (Wildman–Crippen MR) is 86.1 cm³/mol. The minimum Gasteiger partial charge on any atom is -0.469 e. The number of ether oxygens (including phenoxy) is 1. The second-order valence-corrected chi connectivity index (χ2v) is 5.98. The average molecular weight is 318 g/mol. The number of aromatic nitrogens is 2. The zero-order valence-corrected chi connectivity index (χ0v) is 13.6. The van der Waals surface area contributed by atoms with E-state index in [0.717, 1.165) is 0 Å². The molecule has 0 spiro atoms. The number of nitrogens with zero attached hydrogens (tertiary/aromatic N) is 1. The van der Waals surface area contributed by atoms with Crippen LogP contribution in [0.5, 0.6) is 0 Å². The van der Waals surface area contributed by atoms with E-state index in [4.69, 9.17) is 0 Å². The number of aromatic amines is 1. The summed E-state index contributed by atoms with van der Waals surface area (Å²) in [5, 5.41) is 0.507. The third-order valence-corrected chi connectivity index (χ3v) is 4.12. The summed E-state index contributed by atoms with van der Waals surface area (Å²) in [4.78, 5) is 29.9. The molecule has 6 heteroatoms. The highest BCUT2D eigenvalue weighted by Gasteiger charge is 2.08. The van der Waals surface area contributed by atoms with Crippen molar-refractivity contribution in [3.63, 3.8) is 0 Å². The lowest BCUT2D eigenvalue weighted by molar-refractivity contribution is -0.139. The quantitative estimate of drug-likeness (QED) is 0.521. The van der Waals surface area contributed by atoms with Crippen LogP contribution in [0.4, 0.5) is 0 Å². The highest BCUT2D eigenvalue weighted by atomic mass is 32.2. The third kappa shape index (κ3) is 4.46. The minimum absolute atomic E-state index is 0.00253. The van der Waals surface area contributed by atoms with E-state index in [0.29, 0.717) is 16.6 Å². The first-order chi connectivity index (χ1) is 10.5. The van der Waals surface area contributed by atoms with Crippen LogP contribution in [0.1, 0.15) is 22.4 Å². The number of aryl methyl sites for hydroxylation is 2. The Morgan fingerprint density at radius 2 is 2.09 bits per heavy atom. The molecule has 0 aliphatic rings. The van der Waals surface area contributed by atoms with Crippen LogP contribution < -0.4 is 5.56 Å². The number of thioether (sulfide) groups is 1.